The van der Waals surface area contributed by atoms with Crippen LogP contribution in [-0.2, 0) is 16.1 Å². The molecule has 0 fully saturated rings. The van der Waals surface area contributed by atoms with Crippen LogP contribution in [0.25, 0.3) is 10.9 Å². The summed E-state index contributed by atoms with van der Waals surface area (Å²) < 4.78 is 10.9. The second-order valence-corrected chi connectivity index (χ2v) is 6.05. The molecule has 1 heterocycles. The van der Waals surface area contributed by atoms with Crippen molar-refractivity contribution in [3.8, 4) is 5.75 Å². The summed E-state index contributed by atoms with van der Waals surface area (Å²) in [7, 11) is 0. The van der Waals surface area contributed by atoms with Gasteiger partial charge in [0, 0.05) is 22.0 Å². The molecule has 140 valence electrons. The zero-order chi connectivity index (χ0) is 19.2. The average molecular weight is 368 g/mol. The van der Waals surface area contributed by atoms with Crippen molar-refractivity contribution in [3.63, 3.8) is 0 Å². The van der Waals surface area contributed by atoms with E-state index in [4.69, 9.17) is 9.47 Å². The normalized spacial score (nSPS) is 11.9. The highest BCUT2D eigenvalue weighted by atomic mass is 16.6. The predicted octanol–water partition coefficient (Wildman–Crippen LogP) is 3.67. The SMILES string of the molecule is CCOC(=O)C(C[N+](=O)[O-])c1c[nH]c2ccc(OCc3ccccc3)cc12. The minimum atomic E-state index is -0.974. The Morgan fingerprint density at radius 1 is 1.22 bits per heavy atom. The Labute approximate surface area is 156 Å². The van der Waals surface area contributed by atoms with Gasteiger partial charge in [0.25, 0.3) is 0 Å². The number of nitrogens with one attached hydrogen (secondary N) is 1. The van der Waals surface area contributed by atoms with Crippen LogP contribution in [0.2, 0.25) is 0 Å². The van der Waals surface area contributed by atoms with Crippen molar-refractivity contribution in [2.75, 3.05) is 13.2 Å². The minimum Gasteiger partial charge on any atom is -0.489 e. The number of carbonyl (C=O) groups excluding carboxylic acids is 1. The highest BCUT2D eigenvalue weighted by Crippen LogP contribution is 2.30. The van der Waals surface area contributed by atoms with E-state index in [0.717, 1.165) is 11.1 Å². The van der Waals surface area contributed by atoms with Gasteiger partial charge in [-0.25, -0.2) is 0 Å². The van der Waals surface area contributed by atoms with Gasteiger partial charge in [0.1, 0.15) is 18.3 Å². The monoisotopic (exact) mass is 368 g/mol. The number of carbonyl (C=O) groups is 1. The molecule has 0 bridgehead atoms. The fourth-order valence-corrected chi connectivity index (χ4v) is 2.93. The summed E-state index contributed by atoms with van der Waals surface area (Å²) in [5.41, 5.74) is 2.34. The number of benzene rings is 2. The van der Waals surface area contributed by atoms with Gasteiger partial charge in [-0.3, -0.25) is 14.9 Å². The lowest BCUT2D eigenvalue weighted by atomic mass is 9.98. The largest absolute Gasteiger partial charge is 0.489 e. The lowest BCUT2D eigenvalue weighted by molar-refractivity contribution is -0.481. The van der Waals surface area contributed by atoms with Crippen LogP contribution < -0.4 is 4.74 Å². The molecule has 2 aromatic carbocycles. The highest BCUT2D eigenvalue weighted by molar-refractivity contribution is 5.90. The maximum Gasteiger partial charge on any atom is 0.320 e. The number of ether oxygens (including phenoxy) is 2. The van der Waals surface area contributed by atoms with Gasteiger partial charge >= 0.3 is 5.97 Å². The molecule has 1 aromatic heterocycles. The minimum absolute atomic E-state index is 0.167. The molecule has 0 amide bonds. The number of nitrogens with zero attached hydrogens (tertiary/aromatic N) is 1. The fourth-order valence-electron chi connectivity index (χ4n) is 2.93. The Morgan fingerprint density at radius 2 is 2.00 bits per heavy atom. The van der Waals surface area contributed by atoms with Crippen molar-refractivity contribution < 1.29 is 19.2 Å². The summed E-state index contributed by atoms with van der Waals surface area (Å²) in [6.07, 6.45) is 1.62. The van der Waals surface area contributed by atoms with Gasteiger partial charge in [0.05, 0.1) is 6.61 Å². The second kappa shape index (κ2) is 8.35. The van der Waals surface area contributed by atoms with Gasteiger partial charge in [0.15, 0.2) is 0 Å². The number of H-pyrrole nitrogens is 1. The van der Waals surface area contributed by atoms with Crippen molar-refractivity contribution in [1.29, 1.82) is 0 Å². The van der Waals surface area contributed by atoms with E-state index in [-0.39, 0.29) is 6.61 Å². The molecular weight excluding hydrogens is 348 g/mol. The zero-order valence-electron chi connectivity index (χ0n) is 14.9. The standard InChI is InChI=1S/C20H20N2O5/c1-2-26-20(23)18(12-22(24)25)17-11-21-19-9-8-15(10-16(17)19)27-13-14-6-4-3-5-7-14/h3-11,18,21H,2,12-13H2,1H3. The van der Waals surface area contributed by atoms with Crippen LogP contribution in [0.1, 0.15) is 24.0 Å². The second-order valence-electron chi connectivity index (χ2n) is 6.05. The third kappa shape index (κ3) is 4.44. The number of fused-ring (bicyclic) bond motifs is 1. The van der Waals surface area contributed by atoms with Gasteiger partial charge < -0.3 is 14.5 Å². The smallest absolute Gasteiger partial charge is 0.320 e. The quantitative estimate of drug-likeness (QED) is 0.372. The average Bonchev–Trinajstić information content (AvgIpc) is 3.08. The molecule has 7 heteroatoms. The number of hydrogen-bond acceptors (Lipinski definition) is 5. The van der Waals surface area contributed by atoms with E-state index in [1.165, 1.54) is 0 Å². The Hall–Kier alpha value is -3.35. The van der Waals surface area contributed by atoms with Crippen LogP contribution in [-0.4, -0.2) is 29.0 Å². The van der Waals surface area contributed by atoms with E-state index in [1.807, 2.05) is 42.5 Å². The van der Waals surface area contributed by atoms with Crippen LogP contribution in [0.3, 0.4) is 0 Å². The van der Waals surface area contributed by atoms with E-state index in [2.05, 4.69) is 4.98 Å². The molecular formula is C20H20N2O5. The molecule has 0 saturated carbocycles. The molecule has 1 atom stereocenters. The zero-order valence-corrected chi connectivity index (χ0v) is 14.9. The first-order chi connectivity index (χ1) is 13.1. The van der Waals surface area contributed by atoms with Gasteiger partial charge in [-0.2, -0.15) is 0 Å². The topological polar surface area (TPSA) is 94.5 Å². The molecule has 0 radical (unpaired) electrons. The van der Waals surface area contributed by atoms with Crippen molar-refractivity contribution in [2.45, 2.75) is 19.4 Å². The molecule has 7 nitrogen and oxygen atoms in total. The summed E-state index contributed by atoms with van der Waals surface area (Å²) in [6.45, 7) is 1.72. The van der Waals surface area contributed by atoms with Crippen LogP contribution >= 0.6 is 0 Å². The molecule has 3 aromatic rings. The molecule has 0 saturated heterocycles. The van der Waals surface area contributed by atoms with Crippen LogP contribution in [0, 0.1) is 10.1 Å². The highest BCUT2D eigenvalue weighted by Gasteiger charge is 2.30. The van der Waals surface area contributed by atoms with Gasteiger partial charge in [0.2, 0.25) is 6.54 Å². The Bertz CT molecular complexity index is 936. The van der Waals surface area contributed by atoms with Crippen LogP contribution in [0.5, 0.6) is 5.75 Å². The molecule has 0 spiro atoms. The third-order valence-corrected chi connectivity index (χ3v) is 4.21. The molecule has 0 aliphatic carbocycles. The van der Waals surface area contributed by atoms with Gasteiger partial charge in [-0.1, -0.05) is 30.3 Å². The van der Waals surface area contributed by atoms with Crippen molar-refractivity contribution in [1.82, 2.24) is 4.98 Å². The summed E-state index contributed by atoms with van der Waals surface area (Å²) in [4.78, 5) is 25.8. The number of rotatable bonds is 8. The lowest BCUT2D eigenvalue weighted by Crippen LogP contribution is -2.23. The molecule has 0 aliphatic rings. The molecule has 0 aliphatic heterocycles. The molecule has 3 rings (SSSR count). The first-order valence-electron chi connectivity index (χ1n) is 8.64. The van der Waals surface area contributed by atoms with Gasteiger partial charge in [-0.15, -0.1) is 0 Å². The summed E-state index contributed by atoms with van der Waals surface area (Å²) in [5.74, 6) is -0.959. The van der Waals surface area contributed by atoms with E-state index < -0.39 is 23.4 Å². The Kier molecular flexibility index (Phi) is 5.71. The first-order valence-corrected chi connectivity index (χ1v) is 8.64. The number of hydrogen-bond donors (Lipinski definition) is 1. The van der Waals surface area contributed by atoms with E-state index in [0.29, 0.717) is 23.3 Å². The summed E-state index contributed by atoms with van der Waals surface area (Å²) >= 11 is 0. The van der Waals surface area contributed by atoms with Crippen molar-refractivity contribution >= 4 is 16.9 Å². The van der Waals surface area contributed by atoms with Crippen molar-refractivity contribution in [3.05, 3.63) is 76.0 Å². The number of esters is 1. The summed E-state index contributed by atoms with van der Waals surface area (Å²) in [5, 5.41) is 11.7. The predicted molar refractivity (Wildman–Crippen MR) is 100 cm³/mol. The summed E-state index contributed by atoms with van der Waals surface area (Å²) in [6, 6.07) is 15.2. The number of nitro groups is 1. The van der Waals surface area contributed by atoms with Crippen LogP contribution in [0.4, 0.5) is 0 Å². The van der Waals surface area contributed by atoms with Gasteiger partial charge in [-0.05, 0) is 36.2 Å². The third-order valence-electron chi connectivity index (χ3n) is 4.21. The Balaban J connectivity index is 1.88. The molecule has 27 heavy (non-hydrogen) atoms. The first kappa shape index (κ1) is 18.4. The van der Waals surface area contributed by atoms with E-state index >= 15 is 0 Å². The number of aromatic amines is 1. The maximum atomic E-state index is 12.2. The number of aromatic nitrogens is 1. The molecule has 1 unspecified atom stereocenters. The lowest BCUT2D eigenvalue weighted by Gasteiger charge is -2.12. The van der Waals surface area contributed by atoms with E-state index in [9.17, 15) is 14.9 Å². The fraction of sp³-hybridized carbons (Fsp3) is 0.250. The Morgan fingerprint density at radius 3 is 2.70 bits per heavy atom. The van der Waals surface area contributed by atoms with Crippen LogP contribution in [0.15, 0.2) is 54.7 Å². The molecule has 1 N–H and O–H groups in total. The maximum absolute atomic E-state index is 12.2. The van der Waals surface area contributed by atoms with E-state index in [1.54, 1.807) is 19.2 Å². The van der Waals surface area contributed by atoms with Crippen molar-refractivity contribution in [2.24, 2.45) is 0 Å².